The summed E-state index contributed by atoms with van der Waals surface area (Å²) in [6.07, 6.45) is 2.93. The molecule has 3 fully saturated rings. The molecule has 3 aliphatic rings. The van der Waals surface area contributed by atoms with Crippen LogP contribution in [0.25, 0.3) is 11.0 Å². The minimum atomic E-state index is -1.32. The third-order valence-electron chi connectivity index (χ3n) is 9.98. The van der Waals surface area contributed by atoms with Crippen molar-refractivity contribution in [3.8, 4) is 5.75 Å². The lowest BCUT2D eigenvalue weighted by Crippen LogP contribution is -2.60. The average Bonchev–Trinajstić information content (AvgIpc) is 3.81. The maximum atomic E-state index is 15.0. The Labute approximate surface area is 294 Å². The van der Waals surface area contributed by atoms with Crippen molar-refractivity contribution in [2.75, 3.05) is 31.2 Å². The number of nitrogens with zero attached hydrogens (tertiary/aromatic N) is 6. The SMILES string of the molecule is C=CCN(Cn1nnc2ccccc21)C(=O)C1N([C@@H](CO)C(C)C)C(=O)[C@@H]2[C@@H](C(=O)N(CC=C)c3ccc(OCC)cc3)[C@@H]3OC12CC3Br. The van der Waals surface area contributed by atoms with Crippen LogP contribution in [0.3, 0.4) is 0 Å². The van der Waals surface area contributed by atoms with E-state index in [2.05, 4.69) is 39.4 Å². The molecule has 1 N–H and O–H groups in total. The standard InChI is InChI=1S/C36H43BrN6O6/c1-6-17-40(21-42-27-12-10-9-11-26(27)38-39-42)35(47)32-36-19-25(37)31(49-36)29(30(36)34(46)43(32)28(20-44)22(4)5)33(45)41(18-7-2)23-13-15-24(16-14-23)48-8-3/h6-7,9-16,22,25,28-32,44H,1-2,8,17-21H2,3-5H3/t25?,28-,29+,30-,31+,32?,36?/m0/s1. The smallest absolute Gasteiger partial charge is 0.250 e. The van der Waals surface area contributed by atoms with Crippen LogP contribution in [-0.4, -0.2) is 103 Å². The van der Waals surface area contributed by atoms with Crippen molar-refractivity contribution in [2.45, 2.75) is 62.5 Å². The molecule has 4 heterocycles. The number of hydrogen-bond acceptors (Lipinski definition) is 8. The number of aliphatic hydroxyl groups excluding tert-OH is 1. The van der Waals surface area contributed by atoms with Gasteiger partial charge in [-0.2, -0.15) is 0 Å². The number of anilines is 1. The summed E-state index contributed by atoms with van der Waals surface area (Å²) < 4.78 is 14.0. The van der Waals surface area contributed by atoms with Gasteiger partial charge in [-0.05, 0) is 55.7 Å². The van der Waals surface area contributed by atoms with Crippen LogP contribution in [-0.2, 0) is 25.8 Å². The van der Waals surface area contributed by atoms with Gasteiger partial charge in [0, 0.05) is 23.6 Å². The molecule has 1 aromatic heterocycles. The van der Waals surface area contributed by atoms with E-state index in [4.69, 9.17) is 9.47 Å². The fraction of sp³-hybridized carbons (Fsp3) is 0.472. The predicted octanol–water partition coefficient (Wildman–Crippen LogP) is 3.79. The normalized spacial score (nSPS) is 26.2. The molecule has 3 unspecified atom stereocenters. The van der Waals surface area contributed by atoms with Gasteiger partial charge in [0.25, 0.3) is 0 Å². The van der Waals surface area contributed by atoms with E-state index < -0.39 is 35.6 Å². The maximum Gasteiger partial charge on any atom is 0.250 e. The Balaban J connectivity index is 1.41. The van der Waals surface area contributed by atoms with Gasteiger partial charge < -0.3 is 29.3 Å². The minimum Gasteiger partial charge on any atom is -0.494 e. The van der Waals surface area contributed by atoms with Crippen LogP contribution in [0.4, 0.5) is 5.69 Å². The fourth-order valence-electron chi connectivity index (χ4n) is 7.86. The van der Waals surface area contributed by atoms with E-state index in [-0.39, 0.29) is 54.8 Å². The Hall–Kier alpha value is -4.07. The van der Waals surface area contributed by atoms with Crippen LogP contribution >= 0.6 is 15.9 Å². The molecule has 49 heavy (non-hydrogen) atoms. The van der Waals surface area contributed by atoms with Gasteiger partial charge in [-0.25, -0.2) is 4.68 Å². The van der Waals surface area contributed by atoms with Crippen molar-refractivity contribution in [3.63, 3.8) is 0 Å². The lowest BCUT2D eigenvalue weighted by atomic mass is 9.70. The van der Waals surface area contributed by atoms with Crippen molar-refractivity contribution in [2.24, 2.45) is 17.8 Å². The Morgan fingerprint density at radius 2 is 1.86 bits per heavy atom. The van der Waals surface area contributed by atoms with Gasteiger partial charge >= 0.3 is 0 Å². The number of rotatable bonds is 14. The molecule has 0 radical (unpaired) electrons. The number of ether oxygens (including phenoxy) is 2. The quantitative estimate of drug-likeness (QED) is 0.196. The summed E-state index contributed by atoms with van der Waals surface area (Å²) in [5, 5.41) is 19.2. The largest absolute Gasteiger partial charge is 0.494 e. The third-order valence-corrected chi connectivity index (χ3v) is 10.8. The molecule has 7 atom stereocenters. The molecule has 260 valence electrons. The van der Waals surface area contributed by atoms with Gasteiger partial charge in [0.1, 0.15) is 29.6 Å². The lowest BCUT2D eigenvalue weighted by Gasteiger charge is -2.40. The molecule has 6 rings (SSSR count). The summed E-state index contributed by atoms with van der Waals surface area (Å²) in [5.41, 5.74) is 0.732. The first kappa shape index (κ1) is 34.8. The molecule has 13 heteroatoms. The first-order valence-electron chi connectivity index (χ1n) is 16.7. The number of aliphatic hydroxyl groups is 1. The number of amides is 3. The number of carbonyl (C=O) groups is 3. The Morgan fingerprint density at radius 3 is 2.51 bits per heavy atom. The van der Waals surface area contributed by atoms with Crippen molar-refractivity contribution in [1.82, 2.24) is 24.8 Å². The van der Waals surface area contributed by atoms with Gasteiger partial charge in [-0.15, -0.1) is 18.3 Å². The molecule has 2 aromatic carbocycles. The highest BCUT2D eigenvalue weighted by molar-refractivity contribution is 9.09. The van der Waals surface area contributed by atoms with Gasteiger partial charge in [0.2, 0.25) is 17.7 Å². The van der Waals surface area contributed by atoms with E-state index in [0.717, 1.165) is 5.52 Å². The topological polar surface area (TPSA) is 130 Å². The predicted molar refractivity (Wildman–Crippen MR) is 188 cm³/mol. The first-order valence-corrected chi connectivity index (χ1v) is 17.6. The first-order chi connectivity index (χ1) is 23.6. The number of para-hydroxylation sites is 1. The molecular weight excluding hydrogens is 692 g/mol. The zero-order chi connectivity index (χ0) is 35.0. The highest BCUT2D eigenvalue weighted by atomic mass is 79.9. The van der Waals surface area contributed by atoms with E-state index in [1.165, 1.54) is 4.90 Å². The van der Waals surface area contributed by atoms with Crippen molar-refractivity contribution < 1.29 is 29.0 Å². The van der Waals surface area contributed by atoms with Crippen LogP contribution in [0.5, 0.6) is 5.75 Å². The Kier molecular flexibility index (Phi) is 9.97. The lowest BCUT2D eigenvalue weighted by molar-refractivity contribution is -0.153. The molecule has 3 aromatic rings. The summed E-state index contributed by atoms with van der Waals surface area (Å²) in [6, 6.07) is 12.9. The molecule has 3 amide bonds. The van der Waals surface area contributed by atoms with E-state index in [9.17, 15) is 19.5 Å². The van der Waals surface area contributed by atoms with Gasteiger partial charge in [0.15, 0.2) is 0 Å². The van der Waals surface area contributed by atoms with E-state index in [0.29, 0.717) is 30.0 Å². The second-order valence-corrected chi connectivity index (χ2v) is 14.3. The number of halogens is 1. The summed E-state index contributed by atoms with van der Waals surface area (Å²) in [6.45, 7) is 14.0. The second kappa shape index (κ2) is 14.0. The van der Waals surface area contributed by atoms with Crippen LogP contribution in [0.2, 0.25) is 0 Å². The van der Waals surface area contributed by atoms with Crippen LogP contribution in [0.1, 0.15) is 27.2 Å². The average molecular weight is 736 g/mol. The number of fused-ring (bicyclic) bond motifs is 2. The second-order valence-electron chi connectivity index (χ2n) is 13.1. The van der Waals surface area contributed by atoms with Gasteiger partial charge in [-0.1, -0.05) is 59.3 Å². The van der Waals surface area contributed by atoms with Gasteiger partial charge in [0.05, 0.1) is 42.7 Å². The zero-order valence-electron chi connectivity index (χ0n) is 28.0. The molecule has 0 saturated carbocycles. The van der Waals surface area contributed by atoms with Crippen LogP contribution in [0.15, 0.2) is 73.8 Å². The molecular formula is C36H43BrN6O6. The Bertz CT molecular complexity index is 1730. The highest BCUT2D eigenvalue weighted by Gasteiger charge is 2.77. The van der Waals surface area contributed by atoms with Crippen molar-refractivity contribution >= 4 is 50.4 Å². The van der Waals surface area contributed by atoms with E-state index in [1.54, 1.807) is 50.9 Å². The molecule has 3 saturated heterocycles. The number of aromatic nitrogens is 3. The fourth-order valence-corrected chi connectivity index (χ4v) is 8.80. The number of carbonyl (C=O) groups excluding carboxylic acids is 3. The summed E-state index contributed by atoms with van der Waals surface area (Å²) in [7, 11) is 0. The molecule has 12 nitrogen and oxygen atoms in total. The minimum absolute atomic E-state index is 0.0461. The van der Waals surface area contributed by atoms with Crippen molar-refractivity contribution in [1.29, 1.82) is 0 Å². The van der Waals surface area contributed by atoms with Gasteiger partial charge in [-0.3, -0.25) is 14.4 Å². The van der Waals surface area contributed by atoms with Crippen LogP contribution in [0, 0.1) is 17.8 Å². The molecule has 1 spiro atoms. The van der Waals surface area contributed by atoms with E-state index >= 15 is 0 Å². The number of alkyl halides is 1. The summed E-state index contributed by atoms with van der Waals surface area (Å²) in [5.74, 6) is -2.41. The van der Waals surface area contributed by atoms with Crippen molar-refractivity contribution in [3.05, 3.63) is 73.8 Å². The monoisotopic (exact) mass is 734 g/mol. The highest BCUT2D eigenvalue weighted by Crippen LogP contribution is 2.61. The zero-order valence-corrected chi connectivity index (χ0v) is 29.6. The summed E-state index contributed by atoms with van der Waals surface area (Å²) in [4.78, 5) is 48.9. The van der Waals surface area contributed by atoms with Crippen LogP contribution < -0.4 is 9.64 Å². The summed E-state index contributed by atoms with van der Waals surface area (Å²) >= 11 is 3.77. The molecule has 2 bridgehead atoms. The molecule has 0 aliphatic carbocycles. The van der Waals surface area contributed by atoms with E-state index in [1.807, 2.05) is 45.0 Å². The maximum absolute atomic E-state index is 15.0. The Morgan fingerprint density at radius 1 is 1.14 bits per heavy atom. The number of likely N-dealkylation sites (tertiary alicyclic amines) is 1. The molecule has 3 aliphatic heterocycles. The number of benzene rings is 2. The number of hydrogen-bond donors (Lipinski definition) is 1. The third kappa shape index (κ3) is 5.85.